The molecule has 0 unspecified atom stereocenters. The number of nitrogens with zero attached hydrogens (tertiary/aromatic N) is 1. The van der Waals surface area contributed by atoms with Crippen LogP contribution in [0.3, 0.4) is 0 Å². The molecule has 3 heteroatoms. The Morgan fingerprint density at radius 1 is 1.21 bits per heavy atom. The summed E-state index contributed by atoms with van der Waals surface area (Å²) in [6.45, 7) is 2.06. The van der Waals surface area contributed by atoms with Crippen LogP contribution in [0.5, 0.6) is 0 Å². The first-order valence-electron chi connectivity index (χ1n) is 4.93. The zero-order valence-corrected chi connectivity index (χ0v) is 8.07. The van der Waals surface area contributed by atoms with E-state index in [9.17, 15) is 4.79 Å². The Hall–Kier alpha value is -1.51. The predicted octanol–water partition coefficient (Wildman–Crippen LogP) is 1.39. The molecular weight excluding hydrogens is 176 g/mol. The van der Waals surface area contributed by atoms with Gasteiger partial charge >= 0.3 is 0 Å². The number of amides is 1. The summed E-state index contributed by atoms with van der Waals surface area (Å²) in [6.07, 6.45) is 2.40. The van der Waals surface area contributed by atoms with E-state index in [-0.39, 0.29) is 5.91 Å². The van der Waals surface area contributed by atoms with Gasteiger partial charge in [-0.2, -0.15) is 0 Å². The number of rotatable bonds is 2. The van der Waals surface area contributed by atoms with Crippen molar-refractivity contribution in [2.75, 3.05) is 18.0 Å². The standard InChI is InChI=1S/C11H14N2O/c12-11(14)9-5-1-2-6-10(9)13-7-3-4-8-13/h1-2,5-6H,3-4,7-8H2,(H2,12,14). The third-order valence-electron chi connectivity index (χ3n) is 2.62. The molecule has 2 N–H and O–H groups in total. The number of carbonyl (C=O) groups excluding carboxylic acids is 1. The van der Waals surface area contributed by atoms with E-state index in [0.29, 0.717) is 5.56 Å². The topological polar surface area (TPSA) is 46.3 Å². The van der Waals surface area contributed by atoms with Crippen molar-refractivity contribution in [3.63, 3.8) is 0 Å². The Kier molecular flexibility index (Phi) is 2.39. The van der Waals surface area contributed by atoms with Crippen LogP contribution in [0, 0.1) is 0 Å². The molecule has 0 saturated carbocycles. The predicted molar refractivity (Wildman–Crippen MR) is 56.4 cm³/mol. The molecule has 2 rings (SSSR count). The second-order valence-electron chi connectivity index (χ2n) is 3.58. The number of primary amides is 1. The Labute approximate surface area is 83.5 Å². The van der Waals surface area contributed by atoms with Crippen molar-refractivity contribution < 1.29 is 4.79 Å². The zero-order valence-electron chi connectivity index (χ0n) is 8.07. The maximum Gasteiger partial charge on any atom is 0.250 e. The second kappa shape index (κ2) is 3.70. The van der Waals surface area contributed by atoms with Gasteiger partial charge in [-0.25, -0.2) is 0 Å². The molecule has 0 aliphatic carbocycles. The van der Waals surface area contributed by atoms with Crippen LogP contribution in [0.1, 0.15) is 23.2 Å². The van der Waals surface area contributed by atoms with Gasteiger partial charge in [0.15, 0.2) is 0 Å². The van der Waals surface area contributed by atoms with Crippen LogP contribution in [0.25, 0.3) is 0 Å². The van der Waals surface area contributed by atoms with Gasteiger partial charge in [0.2, 0.25) is 0 Å². The van der Waals surface area contributed by atoms with E-state index < -0.39 is 0 Å². The summed E-state index contributed by atoms with van der Waals surface area (Å²) < 4.78 is 0. The van der Waals surface area contributed by atoms with Crippen LogP contribution in [0.4, 0.5) is 5.69 Å². The lowest BCUT2D eigenvalue weighted by Gasteiger charge is -2.19. The van der Waals surface area contributed by atoms with Crippen molar-refractivity contribution in [2.24, 2.45) is 5.73 Å². The minimum atomic E-state index is -0.340. The normalized spacial score (nSPS) is 15.9. The number of hydrogen-bond acceptors (Lipinski definition) is 2. The molecule has 0 aromatic heterocycles. The number of benzene rings is 1. The van der Waals surface area contributed by atoms with E-state index in [1.807, 2.05) is 18.2 Å². The first-order chi connectivity index (χ1) is 6.79. The third-order valence-corrected chi connectivity index (χ3v) is 2.62. The largest absolute Gasteiger partial charge is 0.371 e. The third kappa shape index (κ3) is 1.58. The van der Waals surface area contributed by atoms with Crippen molar-refractivity contribution in [3.8, 4) is 0 Å². The Morgan fingerprint density at radius 2 is 1.86 bits per heavy atom. The summed E-state index contributed by atoms with van der Waals surface area (Å²) in [6, 6.07) is 7.54. The highest BCUT2D eigenvalue weighted by atomic mass is 16.1. The summed E-state index contributed by atoms with van der Waals surface area (Å²) in [4.78, 5) is 13.4. The lowest BCUT2D eigenvalue weighted by atomic mass is 10.1. The molecule has 0 atom stereocenters. The summed E-state index contributed by atoms with van der Waals surface area (Å²) in [5.41, 5.74) is 6.93. The zero-order chi connectivity index (χ0) is 9.97. The van der Waals surface area contributed by atoms with E-state index >= 15 is 0 Å². The summed E-state index contributed by atoms with van der Waals surface area (Å²) >= 11 is 0. The Balaban J connectivity index is 2.35. The Bertz CT molecular complexity index is 343. The fourth-order valence-electron chi connectivity index (χ4n) is 1.92. The molecular formula is C11H14N2O. The van der Waals surface area contributed by atoms with Gasteiger partial charge in [-0.1, -0.05) is 12.1 Å². The van der Waals surface area contributed by atoms with Crippen molar-refractivity contribution in [1.82, 2.24) is 0 Å². The van der Waals surface area contributed by atoms with Crippen LogP contribution in [0.2, 0.25) is 0 Å². The second-order valence-corrected chi connectivity index (χ2v) is 3.58. The maximum absolute atomic E-state index is 11.2. The molecule has 1 aliphatic rings. The first kappa shape index (κ1) is 9.06. The highest BCUT2D eigenvalue weighted by Crippen LogP contribution is 2.23. The van der Waals surface area contributed by atoms with Crippen LogP contribution in [-0.2, 0) is 0 Å². The molecule has 1 amide bonds. The van der Waals surface area contributed by atoms with Gasteiger partial charge in [-0.3, -0.25) is 4.79 Å². The molecule has 0 radical (unpaired) electrons. The van der Waals surface area contributed by atoms with Gasteiger partial charge in [0.25, 0.3) is 5.91 Å². The van der Waals surface area contributed by atoms with Crippen LogP contribution in [0.15, 0.2) is 24.3 Å². The lowest BCUT2D eigenvalue weighted by Crippen LogP contribution is -2.22. The fraction of sp³-hybridized carbons (Fsp3) is 0.364. The number of carbonyl (C=O) groups is 1. The molecule has 1 saturated heterocycles. The summed E-state index contributed by atoms with van der Waals surface area (Å²) in [5, 5.41) is 0. The van der Waals surface area contributed by atoms with Crippen LogP contribution < -0.4 is 10.6 Å². The minimum absolute atomic E-state index is 0.340. The van der Waals surface area contributed by atoms with Crippen molar-refractivity contribution in [2.45, 2.75) is 12.8 Å². The molecule has 1 fully saturated rings. The van der Waals surface area contributed by atoms with Gasteiger partial charge in [0.1, 0.15) is 0 Å². The van der Waals surface area contributed by atoms with Gasteiger partial charge < -0.3 is 10.6 Å². The molecule has 3 nitrogen and oxygen atoms in total. The van der Waals surface area contributed by atoms with Crippen LogP contribution >= 0.6 is 0 Å². The molecule has 74 valence electrons. The SMILES string of the molecule is NC(=O)c1ccccc1N1CCCC1. The fourth-order valence-corrected chi connectivity index (χ4v) is 1.92. The van der Waals surface area contributed by atoms with Crippen molar-refractivity contribution >= 4 is 11.6 Å². The average Bonchev–Trinajstić information content (AvgIpc) is 2.70. The van der Waals surface area contributed by atoms with Gasteiger partial charge in [-0.15, -0.1) is 0 Å². The van der Waals surface area contributed by atoms with Gasteiger partial charge in [0.05, 0.1) is 5.56 Å². The quantitative estimate of drug-likeness (QED) is 0.766. The van der Waals surface area contributed by atoms with E-state index in [4.69, 9.17) is 5.73 Å². The van der Waals surface area contributed by atoms with Crippen LogP contribution in [-0.4, -0.2) is 19.0 Å². The summed E-state index contributed by atoms with van der Waals surface area (Å²) in [5.74, 6) is -0.340. The monoisotopic (exact) mass is 190 g/mol. The smallest absolute Gasteiger partial charge is 0.250 e. The number of para-hydroxylation sites is 1. The summed E-state index contributed by atoms with van der Waals surface area (Å²) in [7, 11) is 0. The minimum Gasteiger partial charge on any atom is -0.371 e. The van der Waals surface area contributed by atoms with Crippen molar-refractivity contribution in [1.29, 1.82) is 0 Å². The van der Waals surface area contributed by atoms with E-state index in [2.05, 4.69) is 4.90 Å². The highest BCUT2D eigenvalue weighted by molar-refractivity contribution is 5.98. The molecule has 0 bridgehead atoms. The maximum atomic E-state index is 11.2. The molecule has 1 heterocycles. The lowest BCUT2D eigenvalue weighted by molar-refractivity contribution is 0.100. The molecule has 1 aromatic carbocycles. The molecule has 1 aliphatic heterocycles. The van der Waals surface area contributed by atoms with E-state index in [1.54, 1.807) is 6.07 Å². The van der Waals surface area contributed by atoms with Gasteiger partial charge in [-0.05, 0) is 25.0 Å². The number of anilines is 1. The van der Waals surface area contributed by atoms with Crippen molar-refractivity contribution in [3.05, 3.63) is 29.8 Å². The Morgan fingerprint density at radius 3 is 2.50 bits per heavy atom. The van der Waals surface area contributed by atoms with E-state index in [0.717, 1.165) is 18.8 Å². The molecule has 0 spiro atoms. The van der Waals surface area contributed by atoms with E-state index in [1.165, 1.54) is 12.8 Å². The molecule has 14 heavy (non-hydrogen) atoms. The average molecular weight is 190 g/mol. The molecule has 1 aromatic rings. The highest BCUT2D eigenvalue weighted by Gasteiger charge is 2.17. The first-order valence-corrected chi connectivity index (χ1v) is 4.93. The van der Waals surface area contributed by atoms with Gasteiger partial charge in [0, 0.05) is 18.8 Å². The number of nitrogens with two attached hydrogens (primary N) is 1. The number of hydrogen-bond donors (Lipinski definition) is 1.